The molecule has 0 unspecified atom stereocenters. The van der Waals surface area contributed by atoms with Crippen LogP contribution < -0.4 is 11.1 Å². The van der Waals surface area contributed by atoms with Crippen molar-refractivity contribution in [3.63, 3.8) is 0 Å². The average molecular weight is 260 g/mol. The third-order valence-corrected chi connectivity index (χ3v) is 2.12. The molecule has 4 N–H and O–H groups in total. The first-order chi connectivity index (χ1) is 7.96. The highest BCUT2D eigenvalue weighted by atomic mass is 16.6. The number of carboxylic acids is 1. The van der Waals surface area contributed by atoms with Gasteiger partial charge in [0.2, 0.25) is 5.91 Å². The van der Waals surface area contributed by atoms with Gasteiger partial charge in [0.25, 0.3) is 0 Å². The lowest BCUT2D eigenvalue weighted by atomic mass is 9.96. The molecule has 7 nitrogen and oxygen atoms in total. The van der Waals surface area contributed by atoms with Gasteiger partial charge in [0.05, 0.1) is 0 Å². The number of ether oxygens (including phenoxy) is 1. The summed E-state index contributed by atoms with van der Waals surface area (Å²) in [6.07, 6.45) is -1.09. The van der Waals surface area contributed by atoms with Crippen molar-refractivity contribution in [3.05, 3.63) is 0 Å². The molecule has 0 bridgehead atoms. The van der Waals surface area contributed by atoms with E-state index >= 15 is 0 Å². The van der Waals surface area contributed by atoms with Crippen LogP contribution in [0, 0.1) is 0 Å². The number of nitrogens with one attached hydrogen (secondary N) is 1. The molecule has 0 saturated carbocycles. The molecule has 0 aliphatic carbocycles. The van der Waals surface area contributed by atoms with Gasteiger partial charge in [0.1, 0.15) is 11.1 Å². The van der Waals surface area contributed by atoms with Crippen molar-refractivity contribution in [2.24, 2.45) is 5.73 Å². The lowest BCUT2D eigenvalue weighted by Gasteiger charge is -2.28. The highest BCUT2D eigenvalue weighted by molar-refractivity contribution is 5.85. The maximum atomic E-state index is 11.5. The Balaban J connectivity index is 4.66. The number of carboxylic acid groups (broad SMARTS) is 1. The van der Waals surface area contributed by atoms with E-state index in [0.717, 1.165) is 0 Å². The number of hydrogen-bond donors (Lipinski definition) is 3. The molecule has 0 saturated heterocycles. The molecule has 0 radical (unpaired) electrons. The summed E-state index contributed by atoms with van der Waals surface area (Å²) in [7, 11) is 0. The van der Waals surface area contributed by atoms with Crippen molar-refractivity contribution in [2.45, 2.75) is 51.7 Å². The van der Waals surface area contributed by atoms with E-state index < -0.39 is 29.1 Å². The van der Waals surface area contributed by atoms with Crippen molar-refractivity contribution in [3.8, 4) is 0 Å². The summed E-state index contributed by atoms with van der Waals surface area (Å²) in [6, 6.07) is 0. The molecule has 18 heavy (non-hydrogen) atoms. The van der Waals surface area contributed by atoms with Crippen LogP contribution >= 0.6 is 0 Å². The number of alkyl carbamates (subject to hydrolysis) is 1. The van der Waals surface area contributed by atoms with Gasteiger partial charge in [-0.05, 0) is 34.1 Å². The van der Waals surface area contributed by atoms with Crippen molar-refractivity contribution in [1.82, 2.24) is 5.32 Å². The van der Waals surface area contributed by atoms with E-state index in [0.29, 0.717) is 0 Å². The molecule has 0 rings (SSSR count). The Hall–Kier alpha value is -1.79. The lowest BCUT2D eigenvalue weighted by Crippen LogP contribution is -2.53. The number of primary amides is 1. The second-order valence-electron chi connectivity index (χ2n) is 5.23. The van der Waals surface area contributed by atoms with Gasteiger partial charge in [-0.25, -0.2) is 9.59 Å². The first-order valence-corrected chi connectivity index (χ1v) is 5.49. The van der Waals surface area contributed by atoms with Crippen molar-refractivity contribution in [2.75, 3.05) is 0 Å². The summed E-state index contributed by atoms with van der Waals surface area (Å²) in [5, 5.41) is 11.3. The number of hydrogen-bond acceptors (Lipinski definition) is 4. The van der Waals surface area contributed by atoms with Gasteiger partial charge in [-0.1, -0.05) is 0 Å². The number of carbonyl (C=O) groups excluding carboxylic acids is 2. The van der Waals surface area contributed by atoms with Crippen LogP contribution in [0.3, 0.4) is 0 Å². The number of nitrogens with two attached hydrogens (primary N) is 1. The molecule has 0 fully saturated rings. The Morgan fingerprint density at radius 1 is 1.22 bits per heavy atom. The molecule has 7 heteroatoms. The standard InChI is InChI=1S/C11H20N2O5/c1-10(2,3)18-9(17)13-11(4,8(15)16)6-5-7(12)14/h5-6H2,1-4H3,(H2,12,14)(H,13,17)(H,15,16)/t11-/m0/s1. The monoisotopic (exact) mass is 260 g/mol. The van der Waals surface area contributed by atoms with Gasteiger partial charge in [-0.15, -0.1) is 0 Å². The fourth-order valence-electron chi connectivity index (χ4n) is 1.12. The first kappa shape index (κ1) is 16.2. The highest BCUT2D eigenvalue weighted by Gasteiger charge is 2.36. The van der Waals surface area contributed by atoms with E-state index in [1.165, 1.54) is 6.92 Å². The molecular weight excluding hydrogens is 240 g/mol. The zero-order valence-corrected chi connectivity index (χ0v) is 11.1. The number of carbonyl (C=O) groups is 3. The fourth-order valence-corrected chi connectivity index (χ4v) is 1.12. The zero-order chi connectivity index (χ0) is 14.6. The second-order valence-corrected chi connectivity index (χ2v) is 5.23. The molecule has 104 valence electrons. The lowest BCUT2D eigenvalue weighted by molar-refractivity contribution is -0.144. The van der Waals surface area contributed by atoms with Crippen LogP contribution in [0.2, 0.25) is 0 Å². The average Bonchev–Trinajstić information content (AvgIpc) is 2.11. The summed E-state index contributed by atoms with van der Waals surface area (Å²) in [4.78, 5) is 33.3. The second kappa shape index (κ2) is 5.70. The van der Waals surface area contributed by atoms with Gasteiger partial charge < -0.3 is 20.9 Å². The molecule has 0 aromatic heterocycles. The number of aliphatic carboxylic acids is 1. The summed E-state index contributed by atoms with van der Waals surface area (Å²) >= 11 is 0. The molecule has 0 spiro atoms. The summed E-state index contributed by atoms with van der Waals surface area (Å²) in [5.74, 6) is -1.89. The molecular formula is C11H20N2O5. The zero-order valence-electron chi connectivity index (χ0n) is 11.1. The molecule has 0 aliphatic heterocycles. The summed E-state index contributed by atoms with van der Waals surface area (Å²) in [6.45, 7) is 6.28. The predicted octanol–water partition coefficient (Wildman–Crippen LogP) is 0.620. The van der Waals surface area contributed by atoms with Crippen molar-refractivity contribution >= 4 is 18.0 Å². The van der Waals surface area contributed by atoms with E-state index in [9.17, 15) is 14.4 Å². The van der Waals surface area contributed by atoms with E-state index in [2.05, 4.69) is 5.32 Å². The minimum atomic E-state index is -1.59. The Labute approximate surface area is 106 Å². The van der Waals surface area contributed by atoms with E-state index in [-0.39, 0.29) is 12.8 Å². The van der Waals surface area contributed by atoms with Crippen LogP contribution in [0.15, 0.2) is 0 Å². The smallest absolute Gasteiger partial charge is 0.408 e. The molecule has 0 aromatic carbocycles. The largest absolute Gasteiger partial charge is 0.480 e. The van der Waals surface area contributed by atoms with Crippen molar-refractivity contribution in [1.29, 1.82) is 0 Å². The topological polar surface area (TPSA) is 119 Å². The third-order valence-electron chi connectivity index (χ3n) is 2.12. The van der Waals surface area contributed by atoms with Gasteiger partial charge in [-0.2, -0.15) is 0 Å². The number of rotatable bonds is 5. The summed E-state index contributed by atoms with van der Waals surface area (Å²) < 4.78 is 4.96. The quantitative estimate of drug-likeness (QED) is 0.669. The van der Waals surface area contributed by atoms with E-state index in [1.54, 1.807) is 20.8 Å². The van der Waals surface area contributed by atoms with Crippen LogP contribution in [0.5, 0.6) is 0 Å². The molecule has 0 aromatic rings. The van der Waals surface area contributed by atoms with Crippen LogP contribution in [0.4, 0.5) is 4.79 Å². The Bertz CT molecular complexity index is 348. The Morgan fingerprint density at radius 2 is 1.72 bits per heavy atom. The molecule has 0 heterocycles. The maximum absolute atomic E-state index is 11.5. The van der Waals surface area contributed by atoms with Crippen LogP contribution in [0.1, 0.15) is 40.5 Å². The van der Waals surface area contributed by atoms with Gasteiger partial charge >= 0.3 is 12.1 Å². The highest BCUT2D eigenvalue weighted by Crippen LogP contribution is 2.15. The van der Waals surface area contributed by atoms with E-state index in [1.807, 2.05) is 0 Å². The minimum Gasteiger partial charge on any atom is -0.480 e. The first-order valence-electron chi connectivity index (χ1n) is 5.49. The molecule has 0 aliphatic rings. The third kappa shape index (κ3) is 6.07. The Kier molecular flexibility index (Phi) is 5.13. The Morgan fingerprint density at radius 3 is 2.06 bits per heavy atom. The van der Waals surface area contributed by atoms with Crippen molar-refractivity contribution < 1.29 is 24.2 Å². The fraction of sp³-hybridized carbons (Fsp3) is 0.727. The number of amides is 2. The van der Waals surface area contributed by atoms with E-state index in [4.69, 9.17) is 15.6 Å². The van der Waals surface area contributed by atoms with Gasteiger partial charge in [0, 0.05) is 6.42 Å². The van der Waals surface area contributed by atoms with Crippen LogP contribution in [-0.4, -0.2) is 34.2 Å². The summed E-state index contributed by atoms with van der Waals surface area (Å²) in [5.41, 5.74) is 2.64. The van der Waals surface area contributed by atoms with Crippen LogP contribution in [0.25, 0.3) is 0 Å². The minimum absolute atomic E-state index is 0.100. The normalized spacial score (nSPS) is 14.4. The van der Waals surface area contributed by atoms with Gasteiger partial charge in [0.15, 0.2) is 0 Å². The molecule has 1 atom stereocenters. The van der Waals surface area contributed by atoms with Gasteiger partial charge in [-0.3, -0.25) is 4.79 Å². The van der Waals surface area contributed by atoms with Crippen LogP contribution in [-0.2, 0) is 14.3 Å². The predicted molar refractivity (Wildman–Crippen MR) is 63.8 cm³/mol. The SMILES string of the molecule is CC(C)(C)OC(=O)N[C@@](C)(CCC(N)=O)C(=O)O. The maximum Gasteiger partial charge on any atom is 0.408 e. The molecule has 2 amide bonds.